The van der Waals surface area contributed by atoms with Crippen molar-refractivity contribution < 1.29 is 24.2 Å². The van der Waals surface area contributed by atoms with Crippen LogP contribution in [0.5, 0.6) is 5.75 Å². The van der Waals surface area contributed by atoms with Crippen molar-refractivity contribution in [3.8, 4) is 11.8 Å². The second kappa shape index (κ2) is 9.89. The van der Waals surface area contributed by atoms with Gasteiger partial charge in [0.2, 0.25) is 5.91 Å². The van der Waals surface area contributed by atoms with Gasteiger partial charge in [-0.3, -0.25) is 14.4 Å². The van der Waals surface area contributed by atoms with E-state index in [-0.39, 0.29) is 35.6 Å². The summed E-state index contributed by atoms with van der Waals surface area (Å²) < 4.78 is 5.89. The van der Waals surface area contributed by atoms with Crippen molar-refractivity contribution in [3.63, 3.8) is 0 Å². The fourth-order valence-electron chi connectivity index (χ4n) is 5.55. The number of carbonyl (C=O) groups is 3. The highest BCUT2D eigenvalue weighted by Crippen LogP contribution is 2.65. The number of nitriles is 1. The lowest BCUT2D eigenvalue weighted by atomic mass is 9.85. The first-order valence-corrected chi connectivity index (χ1v) is 12.6. The number of carbonyl (C=O) groups excluding carboxylic acids is 2. The van der Waals surface area contributed by atoms with Crippen LogP contribution in [0, 0.1) is 23.2 Å². The molecule has 194 valence electrons. The van der Waals surface area contributed by atoms with Gasteiger partial charge in [0.15, 0.2) is 0 Å². The molecular weight excluding hydrogens is 470 g/mol. The first-order chi connectivity index (χ1) is 17.5. The van der Waals surface area contributed by atoms with E-state index in [9.17, 15) is 19.6 Å². The van der Waals surface area contributed by atoms with Gasteiger partial charge in [-0.15, -0.1) is 0 Å². The van der Waals surface area contributed by atoms with E-state index in [2.05, 4.69) is 16.7 Å². The van der Waals surface area contributed by atoms with E-state index in [0.717, 1.165) is 11.1 Å². The predicted molar refractivity (Wildman–Crippen MR) is 138 cm³/mol. The average molecular weight is 504 g/mol. The molecule has 0 aromatic heterocycles. The maximum Gasteiger partial charge on any atom is 0.303 e. The summed E-state index contributed by atoms with van der Waals surface area (Å²) in [7, 11) is 0. The minimum absolute atomic E-state index is 0.0259. The lowest BCUT2D eigenvalue weighted by Gasteiger charge is -2.28. The number of anilines is 1. The van der Waals surface area contributed by atoms with Crippen LogP contribution in [-0.4, -0.2) is 35.0 Å². The highest BCUT2D eigenvalue weighted by atomic mass is 16.5. The van der Waals surface area contributed by atoms with Crippen LogP contribution >= 0.6 is 0 Å². The summed E-state index contributed by atoms with van der Waals surface area (Å²) in [4.78, 5) is 37.4. The van der Waals surface area contributed by atoms with E-state index in [4.69, 9.17) is 9.84 Å². The van der Waals surface area contributed by atoms with Gasteiger partial charge in [-0.1, -0.05) is 13.0 Å². The van der Waals surface area contributed by atoms with E-state index in [1.807, 2.05) is 39.8 Å². The van der Waals surface area contributed by atoms with Gasteiger partial charge < -0.3 is 20.5 Å². The minimum Gasteiger partial charge on any atom is -0.493 e. The quantitative estimate of drug-likeness (QED) is 0.513. The third-order valence-corrected chi connectivity index (χ3v) is 7.38. The van der Waals surface area contributed by atoms with Crippen LogP contribution in [0.15, 0.2) is 36.4 Å². The molecule has 0 unspecified atom stereocenters. The number of hydrogen-bond donors (Lipinski definition) is 3. The number of ether oxygens (including phenoxy) is 1. The summed E-state index contributed by atoms with van der Waals surface area (Å²) in [6.07, 6.45) is 1.59. The molecular formula is C29H33N3O5. The van der Waals surface area contributed by atoms with Crippen LogP contribution in [0.2, 0.25) is 0 Å². The zero-order valence-electron chi connectivity index (χ0n) is 21.7. The van der Waals surface area contributed by atoms with Gasteiger partial charge in [0, 0.05) is 34.2 Å². The zero-order chi connectivity index (χ0) is 27.0. The Morgan fingerprint density at radius 1 is 1.19 bits per heavy atom. The fraction of sp³-hybridized carbons (Fsp3) is 0.448. The summed E-state index contributed by atoms with van der Waals surface area (Å²) in [5.41, 5.74) is 2.34. The highest BCUT2D eigenvalue weighted by molar-refractivity contribution is 5.98. The maximum atomic E-state index is 13.6. The summed E-state index contributed by atoms with van der Waals surface area (Å²) in [5, 5.41) is 24.4. The third-order valence-electron chi connectivity index (χ3n) is 7.38. The van der Waals surface area contributed by atoms with Gasteiger partial charge in [-0.2, -0.15) is 5.26 Å². The number of aliphatic carboxylic acids is 1. The Balaban J connectivity index is 1.59. The van der Waals surface area contributed by atoms with Crippen molar-refractivity contribution in [2.75, 3.05) is 11.9 Å². The number of nitrogens with one attached hydrogen (secondary N) is 2. The molecule has 1 aliphatic heterocycles. The number of rotatable bonds is 7. The number of nitrogens with zero attached hydrogens (tertiary/aromatic N) is 1. The monoisotopic (exact) mass is 503 g/mol. The number of hydrogen-bond acceptors (Lipinski definition) is 5. The van der Waals surface area contributed by atoms with E-state index >= 15 is 0 Å². The molecule has 4 rings (SSSR count). The normalized spacial score (nSPS) is 21.8. The topological polar surface area (TPSA) is 129 Å². The molecule has 8 nitrogen and oxygen atoms in total. The molecule has 1 heterocycles. The molecule has 37 heavy (non-hydrogen) atoms. The first kappa shape index (κ1) is 26.2. The lowest BCUT2D eigenvalue weighted by Crippen LogP contribution is -2.40. The molecule has 3 atom stereocenters. The predicted octanol–water partition coefficient (Wildman–Crippen LogP) is 4.42. The van der Waals surface area contributed by atoms with Crippen molar-refractivity contribution >= 4 is 23.5 Å². The Kier molecular flexibility index (Phi) is 7.00. The van der Waals surface area contributed by atoms with Gasteiger partial charge in [0.25, 0.3) is 5.91 Å². The number of amides is 2. The second-order valence-electron chi connectivity index (χ2n) is 11.0. The second-order valence-corrected chi connectivity index (χ2v) is 11.0. The molecule has 0 radical (unpaired) electrons. The maximum absolute atomic E-state index is 13.6. The van der Waals surface area contributed by atoms with E-state index in [0.29, 0.717) is 48.4 Å². The van der Waals surface area contributed by atoms with E-state index < -0.39 is 11.4 Å². The molecule has 1 spiro atoms. The van der Waals surface area contributed by atoms with Crippen molar-refractivity contribution in [2.24, 2.45) is 11.8 Å². The van der Waals surface area contributed by atoms with Crippen molar-refractivity contribution in [1.29, 1.82) is 5.26 Å². The number of benzene rings is 2. The summed E-state index contributed by atoms with van der Waals surface area (Å²) >= 11 is 0. The molecule has 8 heteroatoms. The molecule has 0 saturated heterocycles. The van der Waals surface area contributed by atoms with Crippen molar-refractivity contribution in [2.45, 2.75) is 64.3 Å². The number of fused-ring (bicyclic) bond motifs is 2. The molecule has 1 saturated carbocycles. The van der Waals surface area contributed by atoms with Gasteiger partial charge in [0.05, 0.1) is 24.2 Å². The average Bonchev–Trinajstić information content (AvgIpc) is 3.41. The lowest BCUT2D eigenvalue weighted by molar-refractivity contribution is -0.137. The summed E-state index contributed by atoms with van der Waals surface area (Å²) in [5.74, 6) is -0.799. The van der Waals surface area contributed by atoms with Gasteiger partial charge in [0.1, 0.15) is 5.75 Å². The standard InChI is InChI=1S/C29H33N3O5/c1-17-25(27(36)31-22-14-18(16-30)8-9-19(22)6-5-7-24(33)34)29(17)12-13-37-23-11-10-20(15-21(23)29)26(35)32-28(2,3)4/h8-11,14-15,17,25H,5-7,12-13H2,1-4H3,(H,31,36)(H,32,35)(H,33,34)/t17-,25-,29-/m0/s1. The van der Waals surface area contributed by atoms with E-state index in [1.165, 1.54) is 0 Å². The Labute approximate surface area is 217 Å². The van der Waals surface area contributed by atoms with Crippen LogP contribution in [0.25, 0.3) is 0 Å². The molecule has 1 fully saturated rings. The Hall–Kier alpha value is -3.86. The molecule has 1 aliphatic carbocycles. The highest BCUT2D eigenvalue weighted by Gasteiger charge is 2.67. The van der Waals surface area contributed by atoms with E-state index in [1.54, 1.807) is 24.3 Å². The molecule has 2 aliphatic rings. The SMILES string of the molecule is C[C@H]1[C@@H](C(=O)Nc2cc(C#N)ccc2CCCC(=O)O)[C@@]12CCOc1ccc(C(=O)NC(C)(C)C)cc12. The van der Waals surface area contributed by atoms with Crippen LogP contribution in [0.4, 0.5) is 5.69 Å². The molecule has 2 aromatic carbocycles. The summed E-state index contributed by atoms with van der Waals surface area (Å²) in [6, 6.07) is 12.6. The molecule has 2 aromatic rings. The Bertz CT molecular complexity index is 1290. The smallest absolute Gasteiger partial charge is 0.303 e. The summed E-state index contributed by atoms with van der Waals surface area (Å²) in [6.45, 7) is 8.30. The third kappa shape index (κ3) is 5.31. The molecule has 3 N–H and O–H groups in total. The number of carboxylic acids is 1. The number of carboxylic acid groups (broad SMARTS) is 1. The number of aryl methyl sites for hydroxylation is 1. The van der Waals surface area contributed by atoms with Gasteiger partial charge in [-0.05, 0) is 81.8 Å². The van der Waals surface area contributed by atoms with Crippen LogP contribution < -0.4 is 15.4 Å². The fourth-order valence-corrected chi connectivity index (χ4v) is 5.55. The molecule has 0 bridgehead atoms. The molecule has 2 amide bonds. The van der Waals surface area contributed by atoms with Crippen molar-refractivity contribution in [3.05, 3.63) is 58.7 Å². The van der Waals surface area contributed by atoms with Crippen molar-refractivity contribution in [1.82, 2.24) is 5.32 Å². The van der Waals surface area contributed by atoms with Gasteiger partial charge >= 0.3 is 5.97 Å². The minimum atomic E-state index is -0.873. The Morgan fingerprint density at radius 2 is 1.95 bits per heavy atom. The zero-order valence-corrected chi connectivity index (χ0v) is 21.7. The van der Waals surface area contributed by atoms with Crippen LogP contribution in [0.1, 0.15) is 74.0 Å². The first-order valence-electron chi connectivity index (χ1n) is 12.6. The van der Waals surface area contributed by atoms with Crippen LogP contribution in [0.3, 0.4) is 0 Å². The van der Waals surface area contributed by atoms with Crippen LogP contribution in [-0.2, 0) is 21.4 Å². The van der Waals surface area contributed by atoms with Gasteiger partial charge in [-0.25, -0.2) is 0 Å². The largest absolute Gasteiger partial charge is 0.493 e. The Morgan fingerprint density at radius 3 is 2.62 bits per heavy atom.